The van der Waals surface area contributed by atoms with Crippen molar-refractivity contribution in [2.45, 2.75) is 13.0 Å². The van der Waals surface area contributed by atoms with Crippen LogP contribution in [0.1, 0.15) is 6.92 Å². The number of anilines is 1. The van der Waals surface area contributed by atoms with Crippen molar-refractivity contribution < 1.29 is 9.53 Å². The van der Waals surface area contributed by atoms with Crippen LogP contribution in [0.25, 0.3) is 0 Å². The molecule has 0 aliphatic carbocycles. The molecule has 0 aliphatic heterocycles. The highest BCUT2D eigenvalue weighted by molar-refractivity contribution is 9.10. The smallest absolute Gasteiger partial charge is 0.262 e. The van der Waals surface area contributed by atoms with Gasteiger partial charge in [-0.1, -0.05) is 11.6 Å². The van der Waals surface area contributed by atoms with Crippen molar-refractivity contribution in [3.8, 4) is 5.75 Å². The number of halogens is 2. The average Bonchev–Trinajstić information content (AvgIpc) is 2.21. The quantitative estimate of drug-likeness (QED) is 0.871. The molecule has 0 saturated carbocycles. The van der Waals surface area contributed by atoms with Gasteiger partial charge in [0.15, 0.2) is 11.9 Å². The van der Waals surface area contributed by atoms with E-state index in [0.29, 0.717) is 20.9 Å². The largest absolute Gasteiger partial charge is 0.478 e. The van der Waals surface area contributed by atoms with E-state index in [1.54, 1.807) is 33.2 Å². The average molecular weight is 322 g/mol. The molecule has 0 spiro atoms. The summed E-state index contributed by atoms with van der Waals surface area (Å²) in [5.74, 6) is 0.295. The summed E-state index contributed by atoms with van der Waals surface area (Å²) in [5.41, 5.74) is 6.17. The van der Waals surface area contributed by atoms with E-state index in [1.807, 2.05) is 0 Å². The van der Waals surface area contributed by atoms with Crippen molar-refractivity contribution >= 4 is 39.1 Å². The number of nitrogens with zero attached hydrogens (tertiary/aromatic N) is 1. The van der Waals surface area contributed by atoms with E-state index in [1.165, 1.54) is 4.90 Å². The van der Waals surface area contributed by atoms with Gasteiger partial charge in [-0.05, 0) is 35.0 Å². The van der Waals surface area contributed by atoms with Crippen LogP contribution in [0, 0.1) is 0 Å². The van der Waals surface area contributed by atoms with Gasteiger partial charge >= 0.3 is 0 Å². The first-order chi connectivity index (χ1) is 7.82. The summed E-state index contributed by atoms with van der Waals surface area (Å²) in [6.45, 7) is 1.67. The second kappa shape index (κ2) is 5.60. The molecule has 1 unspecified atom stereocenters. The van der Waals surface area contributed by atoms with Crippen molar-refractivity contribution in [1.29, 1.82) is 0 Å². The Morgan fingerprint density at radius 2 is 2.12 bits per heavy atom. The lowest BCUT2D eigenvalue weighted by molar-refractivity contribution is -0.135. The molecule has 2 N–H and O–H groups in total. The number of likely N-dealkylation sites (N-methyl/N-ethyl adjacent to an activating group) is 1. The Labute approximate surface area is 114 Å². The standard InChI is InChI=1S/C11H14BrClN2O2/c1-6(11(16)15(2)3)17-10-8(12)4-7(13)5-9(10)14/h4-6H,14H2,1-3H3. The highest BCUT2D eigenvalue weighted by atomic mass is 79.9. The van der Waals surface area contributed by atoms with Gasteiger partial charge in [0, 0.05) is 19.1 Å². The molecule has 6 heteroatoms. The fraction of sp³-hybridized carbons (Fsp3) is 0.364. The summed E-state index contributed by atoms with van der Waals surface area (Å²) in [4.78, 5) is 13.1. The number of benzene rings is 1. The van der Waals surface area contributed by atoms with E-state index in [0.717, 1.165) is 0 Å². The third kappa shape index (κ3) is 3.51. The molecular weight excluding hydrogens is 307 g/mol. The molecule has 0 bridgehead atoms. The predicted molar refractivity (Wildman–Crippen MR) is 72.3 cm³/mol. The minimum atomic E-state index is -0.607. The van der Waals surface area contributed by atoms with E-state index < -0.39 is 6.10 Å². The number of amides is 1. The molecule has 1 amide bonds. The van der Waals surface area contributed by atoms with Gasteiger partial charge in [-0.25, -0.2) is 0 Å². The van der Waals surface area contributed by atoms with Gasteiger partial charge in [0.1, 0.15) is 0 Å². The van der Waals surface area contributed by atoms with Gasteiger partial charge in [0.2, 0.25) is 0 Å². The van der Waals surface area contributed by atoms with Crippen LogP contribution in [-0.4, -0.2) is 31.0 Å². The fourth-order valence-corrected chi connectivity index (χ4v) is 2.22. The molecule has 0 heterocycles. The zero-order valence-corrected chi connectivity index (χ0v) is 12.2. The van der Waals surface area contributed by atoms with Crippen molar-refractivity contribution in [3.05, 3.63) is 21.6 Å². The second-order valence-corrected chi connectivity index (χ2v) is 5.09. The molecule has 0 aromatic heterocycles. The lowest BCUT2D eigenvalue weighted by Crippen LogP contribution is -2.35. The molecule has 1 aromatic carbocycles. The first kappa shape index (κ1) is 14.1. The topological polar surface area (TPSA) is 55.6 Å². The lowest BCUT2D eigenvalue weighted by atomic mass is 10.3. The molecule has 0 saturated heterocycles. The number of rotatable bonds is 3. The summed E-state index contributed by atoms with van der Waals surface area (Å²) in [7, 11) is 3.34. The minimum absolute atomic E-state index is 0.133. The van der Waals surface area contributed by atoms with E-state index in [-0.39, 0.29) is 5.91 Å². The van der Waals surface area contributed by atoms with Gasteiger partial charge in [-0.2, -0.15) is 0 Å². The Morgan fingerprint density at radius 1 is 1.53 bits per heavy atom. The van der Waals surface area contributed by atoms with Gasteiger partial charge in [-0.15, -0.1) is 0 Å². The SMILES string of the molecule is CC(Oc1c(N)cc(Cl)cc1Br)C(=O)N(C)C. The van der Waals surface area contributed by atoms with Crippen LogP contribution in [0.5, 0.6) is 5.75 Å². The first-order valence-corrected chi connectivity index (χ1v) is 6.12. The Kier molecular flexibility index (Phi) is 4.65. The highest BCUT2D eigenvalue weighted by Gasteiger charge is 2.19. The summed E-state index contributed by atoms with van der Waals surface area (Å²) < 4.78 is 6.16. The summed E-state index contributed by atoms with van der Waals surface area (Å²) >= 11 is 9.13. The molecule has 0 radical (unpaired) electrons. The van der Waals surface area contributed by atoms with Crippen LogP contribution >= 0.6 is 27.5 Å². The van der Waals surface area contributed by atoms with Crippen molar-refractivity contribution in [3.63, 3.8) is 0 Å². The van der Waals surface area contributed by atoms with Crippen LogP contribution in [0.15, 0.2) is 16.6 Å². The predicted octanol–water partition coefficient (Wildman–Crippen LogP) is 2.54. The van der Waals surface area contributed by atoms with Crippen LogP contribution in [0.3, 0.4) is 0 Å². The van der Waals surface area contributed by atoms with Crippen molar-refractivity contribution in [2.24, 2.45) is 0 Å². The Morgan fingerprint density at radius 3 is 2.59 bits per heavy atom. The first-order valence-electron chi connectivity index (χ1n) is 4.95. The number of hydrogen-bond donors (Lipinski definition) is 1. The molecular formula is C11H14BrClN2O2. The molecule has 0 aliphatic rings. The minimum Gasteiger partial charge on any atom is -0.478 e. The van der Waals surface area contributed by atoms with Gasteiger partial charge < -0.3 is 15.4 Å². The Bertz CT molecular complexity index is 414. The van der Waals surface area contributed by atoms with E-state index >= 15 is 0 Å². The molecule has 4 nitrogen and oxygen atoms in total. The highest BCUT2D eigenvalue weighted by Crippen LogP contribution is 2.35. The zero-order chi connectivity index (χ0) is 13.2. The number of hydrogen-bond acceptors (Lipinski definition) is 3. The molecule has 1 rings (SSSR count). The molecule has 1 atom stereocenters. The van der Waals surface area contributed by atoms with E-state index in [4.69, 9.17) is 22.1 Å². The van der Waals surface area contributed by atoms with Crippen molar-refractivity contribution in [1.82, 2.24) is 4.90 Å². The van der Waals surface area contributed by atoms with E-state index in [9.17, 15) is 4.79 Å². The van der Waals surface area contributed by atoms with Crippen LogP contribution in [0.4, 0.5) is 5.69 Å². The van der Waals surface area contributed by atoms with Gasteiger partial charge in [0.25, 0.3) is 5.91 Å². The molecule has 17 heavy (non-hydrogen) atoms. The van der Waals surface area contributed by atoms with Crippen molar-refractivity contribution in [2.75, 3.05) is 19.8 Å². The summed E-state index contributed by atoms with van der Waals surface area (Å²) in [6.07, 6.45) is -0.607. The van der Waals surface area contributed by atoms with Gasteiger partial charge in [0.05, 0.1) is 10.2 Å². The van der Waals surface area contributed by atoms with Gasteiger partial charge in [-0.3, -0.25) is 4.79 Å². The third-order valence-electron chi connectivity index (χ3n) is 2.12. The maximum atomic E-state index is 11.7. The number of nitrogen functional groups attached to an aromatic ring is 1. The molecule has 0 fully saturated rings. The van der Waals surface area contributed by atoms with Crippen LogP contribution in [-0.2, 0) is 4.79 Å². The maximum Gasteiger partial charge on any atom is 0.262 e. The fourth-order valence-electron chi connectivity index (χ4n) is 1.30. The second-order valence-electron chi connectivity index (χ2n) is 3.80. The van der Waals surface area contributed by atoms with E-state index in [2.05, 4.69) is 15.9 Å². The third-order valence-corrected chi connectivity index (χ3v) is 2.93. The normalized spacial score (nSPS) is 12.1. The number of ether oxygens (including phenoxy) is 1. The Hall–Kier alpha value is -0.940. The lowest BCUT2D eigenvalue weighted by Gasteiger charge is -2.20. The molecule has 94 valence electrons. The zero-order valence-electron chi connectivity index (χ0n) is 9.83. The monoisotopic (exact) mass is 320 g/mol. The summed E-state index contributed by atoms with van der Waals surface area (Å²) in [6, 6.07) is 3.24. The number of carbonyl (C=O) groups is 1. The number of nitrogens with two attached hydrogens (primary N) is 1. The molecule has 1 aromatic rings. The van der Waals surface area contributed by atoms with Crippen LogP contribution < -0.4 is 10.5 Å². The Balaban J connectivity index is 2.92. The summed E-state index contributed by atoms with van der Waals surface area (Å²) in [5, 5.41) is 0.508. The number of carbonyl (C=O) groups excluding carboxylic acids is 1. The van der Waals surface area contributed by atoms with Crippen LogP contribution in [0.2, 0.25) is 5.02 Å². The maximum absolute atomic E-state index is 11.7.